The number of fused-ring (bicyclic) bond motifs is 1. The molecular formula is C31H34FN3O2. The Labute approximate surface area is 217 Å². The number of aromatic nitrogens is 2. The number of benzene rings is 3. The maximum atomic E-state index is 13.3. The highest BCUT2D eigenvalue weighted by Gasteiger charge is 2.34. The second-order valence-electron chi connectivity index (χ2n) is 10.3. The van der Waals surface area contributed by atoms with Crippen molar-refractivity contribution < 1.29 is 13.9 Å². The highest BCUT2D eigenvalue weighted by atomic mass is 19.1. The van der Waals surface area contributed by atoms with Gasteiger partial charge >= 0.3 is 0 Å². The van der Waals surface area contributed by atoms with Gasteiger partial charge in [0.2, 0.25) is 5.91 Å². The summed E-state index contributed by atoms with van der Waals surface area (Å²) >= 11 is 0. The van der Waals surface area contributed by atoms with Gasteiger partial charge in [-0.3, -0.25) is 4.79 Å². The third-order valence-electron chi connectivity index (χ3n) is 7.13. The van der Waals surface area contributed by atoms with Gasteiger partial charge in [-0.1, -0.05) is 50.2 Å². The molecule has 4 aromatic rings. The van der Waals surface area contributed by atoms with E-state index in [0.29, 0.717) is 32.0 Å². The molecule has 37 heavy (non-hydrogen) atoms. The monoisotopic (exact) mass is 499 g/mol. The van der Waals surface area contributed by atoms with Crippen LogP contribution in [0.1, 0.15) is 61.0 Å². The molecular weight excluding hydrogens is 465 g/mol. The first-order valence-corrected chi connectivity index (χ1v) is 13.1. The molecule has 192 valence electrons. The van der Waals surface area contributed by atoms with Gasteiger partial charge in [0.05, 0.1) is 17.6 Å². The van der Waals surface area contributed by atoms with Crippen molar-refractivity contribution in [2.24, 2.45) is 0 Å². The summed E-state index contributed by atoms with van der Waals surface area (Å²) in [6.07, 6.45) is 1.26. The SMILES string of the molecule is Cc1ccc(C(C)C)c(OCCCn2c(C3CC(=O)N(Cc4ccc(F)cc4)C3)nc3ccccc32)c1. The van der Waals surface area contributed by atoms with Gasteiger partial charge in [-0.25, -0.2) is 9.37 Å². The maximum absolute atomic E-state index is 13.3. The minimum Gasteiger partial charge on any atom is -0.493 e. The highest BCUT2D eigenvalue weighted by molar-refractivity contribution is 5.81. The molecule has 6 heteroatoms. The fraction of sp³-hybridized carbons (Fsp3) is 0.355. The lowest BCUT2D eigenvalue weighted by atomic mass is 10.0. The number of hydrogen-bond donors (Lipinski definition) is 0. The smallest absolute Gasteiger partial charge is 0.223 e. The zero-order chi connectivity index (χ0) is 25.9. The summed E-state index contributed by atoms with van der Waals surface area (Å²) < 4.78 is 21.8. The molecule has 1 unspecified atom stereocenters. The first kappa shape index (κ1) is 25.0. The van der Waals surface area contributed by atoms with Crippen molar-refractivity contribution in [3.8, 4) is 5.75 Å². The maximum Gasteiger partial charge on any atom is 0.223 e. The molecule has 0 saturated carbocycles. The fourth-order valence-electron chi connectivity index (χ4n) is 5.20. The summed E-state index contributed by atoms with van der Waals surface area (Å²) in [5.74, 6) is 2.17. The van der Waals surface area contributed by atoms with E-state index < -0.39 is 0 Å². The van der Waals surface area contributed by atoms with Gasteiger partial charge in [0, 0.05) is 32.0 Å². The molecule has 5 rings (SSSR count). The molecule has 0 bridgehead atoms. The lowest BCUT2D eigenvalue weighted by molar-refractivity contribution is -0.128. The number of nitrogens with zero attached hydrogens (tertiary/aromatic N) is 3. The van der Waals surface area contributed by atoms with Crippen LogP contribution in [-0.2, 0) is 17.9 Å². The van der Waals surface area contributed by atoms with Crippen LogP contribution in [0.25, 0.3) is 11.0 Å². The molecule has 2 heterocycles. The van der Waals surface area contributed by atoms with E-state index in [1.165, 1.54) is 23.3 Å². The molecule has 1 aliphatic rings. The third-order valence-corrected chi connectivity index (χ3v) is 7.13. The number of rotatable bonds is 9. The van der Waals surface area contributed by atoms with Crippen LogP contribution in [0.3, 0.4) is 0 Å². The number of halogens is 1. The summed E-state index contributed by atoms with van der Waals surface area (Å²) in [6.45, 7) is 8.92. The van der Waals surface area contributed by atoms with E-state index in [4.69, 9.17) is 9.72 Å². The molecule has 3 aromatic carbocycles. The second kappa shape index (κ2) is 10.8. The van der Waals surface area contributed by atoms with E-state index in [2.05, 4.69) is 49.6 Å². The topological polar surface area (TPSA) is 47.4 Å². The van der Waals surface area contributed by atoms with Crippen molar-refractivity contribution in [2.75, 3.05) is 13.2 Å². The van der Waals surface area contributed by atoms with Gasteiger partial charge < -0.3 is 14.2 Å². The predicted molar refractivity (Wildman–Crippen MR) is 144 cm³/mol. The lowest BCUT2D eigenvalue weighted by Gasteiger charge is -2.18. The van der Waals surface area contributed by atoms with Gasteiger partial charge in [-0.2, -0.15) is 0 Å². The van der Waals surface area contributed by atoms with Crippen LogP contribution in [0, 0.1) is 12.7 Å². The molecule has 1 aliphatic heterocycles. The third kappa shape index (κ3) is 5.53. The second-order valence-corrected chi connectivity index (χ2v) is 10.3. The van der Waals surface area contributed by atoms with E-state index in [0.717, 1.165) is 41.1 Å². The quantitative estimate of drug-likeness (QED) is 0.244. The van der Waals surface area contributed by atoms with Crippen molar-refractivity contribution in [1.82, 2.24) is 14.5 Å². The summed E-state index contributed by atoms with van der Waals surface area (Å²) in [5, 5.41) is 0. The van der Waals surface area contributed by atoms with Crippen LogP contribution in [0.4, 0.5) is 4.39 Å². The lowest BCUT2D eigenvalue weighted by Crippen LogP contribution is -2.24. The first-order valence-electron chi connectivity index (χ1n) is 13.1. The average molecular weight is 500 g/mol. The number of carbonyl (C=O) groups is 1. The summed E-state index contributed by atoms with van der Waals surface area (Å²) in [7, 11) is 0. The number of aryl methyl sites for hydroxylation is 2. The fourth-order valence-corrected chi connectivity index (χ4v) is 5.20. The normalized spacial score (nSPS) is 15.8. The molecule has 1 aromatic heterocycles. The molecule has 0 spiro atoms. The average Bonchev–Trinajstić information content (AvgIpc) is 3.43. The Morgan fingerprint density at radius 1 is 1.08 bits per heavy atom. The van der Waals surface area contributed by atoms with Crippen LogP contribution in [-0.4, -0.2) is 33.5 Å². The molecule has 1 saturated heterocycles. The van der Waals surface area contributed by atoms with E-state index in [1.54, 1.807) is 12.1 Å². The molecule has 0 aliphatic carbocycles. The van der Waals surface area contributed by atoms with Crippen LogP contribution >= 0.6 is 0 Å². The van der Waals surface area contributed by atoms with Crippen molar-refractivity contribution in [3.05, 3.63) is 95.1 Å². The Balaban J connectivity index is 1.30. The van der Waals surface area contributed by atoms with Crippen molar-refractivity contribution in [1.29, 1.82) is 0 Å². The number of para-hydroxylation sites is 2. The van der Waals surface area contributed by atoms with Gasteiger partial charge in [0.15, 0.2) is 0 Å². The minimum absolute atomic E-state index is 0.0191. The Morgan fingerprint density at radius 2 is 1.86 bits per heavy atom. The first-order chi connectivity index (χ1) is 17.9. The predicted octanol–water partition coefficient (Wildman–Crippen LogP) is 6.59. The number of likely N-dealkylation sites (tertiary alicyclic amines) is 1. The van der Waals surface area contributed by atoms with Crippen LogP contribution in [0.5, 0.6) is 5.75 Å². The zero-order valence-corrected chi connectivity index (χ0v) is 21.8. The van der Waals surface area contributed by atoms with E-state index >= 15 is 0 Å². The summed E-state index contributed by atoms with van der Waals surface area (Å²) in [4.78, 5) is 19.7. The Hall–Kier alpha value is -3.67. The van der Waals surface area contributed by atoms with E-state index in [1.807, 2.05) is 23.1 Å². The molecule has 0 radical (unpaired) electrons. The van der Waals surface area contributed by atoms with E-state index in [9.17, 15) is 9.18 Å². The van der Waals surface area contributed by atoms with Gasteiger partial charge in [0.1, 0.15) is 17.4 Å². The number of ether oxygens (including phenoxy) is 1. The highest BCUT2D eigenvalue weighted by Crippen LogP contribution is 2.32. The minimum atomic E-state index is -0.269. The molecule has 1 fully saturated rings. The Morgan fingerprint density at radius 3 is 2.65 bits per heavy atom. The van der Waals surface area contributed by atoms with Crippen molar-refractivity contribution >= 4 is 16.9 Å². The Bertz CT molecular complexity index is 1390. The van der Waals surface area contributed by atoms with Crippen LogP contribution in [0.2, 0.25) is 0 Å². The number of hydrogen-bond acceptors (Lipinski definition) is 3. The Kier molecular flexibility index (Phi) is 7.26. The molecule has 1 amide bonds. The number of carbonyl (C=O) groups excluding carboxylic acids is 1. The van der Waals surface area contributed by atoms with Crippen molar-refractivity contribution in [3.63, 3.8) is 0 Å². The van der Waals surface area contributed by atoms with Gasteiger partial charge in [-0.15, -0.1) is 0 Å². The summed E-state index contributed by atoms with van der Waals surface area (Å²) in [6, 6.07) is 20.9. The number of amides is 1. The standard InChI is InChI=1S/C31H34FN3O2/c1-21(2)26-14-9-22(3)17-29(26)37-16-6-15-35-28-8-5-4-7-27(28)33-31(35)24-18-30(36)34(20-24)19-23-10-12-25(32)13-11-23/h4-5,7-14,17,21,24H,6,15-16,18-20H2,1-3H3. The zero-order valence-electron chi connectivity index (χ0n) is 21.8. The van der Waals surface area contributed by atoms with Crippen LogP contribution in [0.15, 0.2) is 66.7 Å². The molecule has 1 atom stereocenters. The number of imidazole rings is 1. The van der Waals surface area contributed by atoms with E-state index in [-0.39, 0.29) is 17.6 Å². The molecule has 0 N–H and O–H groups in total. The summed E-state index contributed by atoms with van der Waals surface area (Å²) in [5.41, 5.74) is 5.38. The van der Waals surface area contributed by atoms with Gasteiger partial charge in [0.25, 0.3) is 0 Å². The molecule has 5 nitrogen and oxygen atoms in total. The largest absolute Gasteiger partial charge is 0.493 e. The van der Waals surface area contributed by atoms with Gasteiger partial charge in [-0.05, 0) is 66.3 Å². The van der Waals surface area contributed by atoms with Crippen molar-refractivity contribution in [2.45, 2.75) is 58.5 Å². The van der Waals surface area contributed by atoms with Crippen LogP contribution < -0.4 is 4.74 Å².